The molecule has 0 radical (unpaired) electrons. The van der Waals surface area contributed by atoms with Gasteiger partial charge in [-0.3, -0.25) is 19.9 Å². The molecule has 26 heavy (non-hydrogen) atoms. The van der Waals surface area contributed by atoms with Gasteiger partial charge in [0.05, 0.1) is 0 Å². The van der Waals surface area contributed by atoms with Crippen molar-refractivity contribution < 1.29 is 9.72 Å². The fourth-order valence-electron chi connectivity index (χ4n) is 4.02. The van der Waals surface area contributed by atoms with Gasteiger partial charge in [0.2, 0.25) is 5.91 Å². The molecular weight excluding hydrogens is 354 g/mol. The second kappa shape index (κ2) is 6.37. The molecule has 2 saturated heterocycles. The van der Waals surface area contributed by atoms with Gasteiger partial charge in [0.25, 0.3) is 6.04 Å². The van der Waals surface area contributed by atoms with Gasteiger partial charge in [-0.15, -0.1) is 0 Å². The van der Waals surface area contributed by atoms with Crippen LogP contribution in [0.15, 0.2) is 48.5 Å². The third-order valence-electron chi connectivity index (χ3n) is 5.19. The van der Waals surface area contributed by atoms with E-state index in [0.717, 1.165) is 16.7 Å². The van der Waals surface area contributed by atoms with Gasteiger partial charge in [-0.2, -0.15) is 0 Å². The Hall–Kier alpha value is -2.44. The van der Waals surface area contributed by atoms with E-state index in [1.54, 1.807) is 29.3 Å². The Bertz CT molecular complexity index is 853. The van der Waals surface area contributed by atoms with E-state index in [2.05, 4.69) is 0 Å². The summed E-state index contributed by atoms with van der Waals surface area (Å²) in [6, 6.07) is 12.6. The van der Waals surface area contributed by atoms with Crippen LogP contribution in [0.4, 0.5) is 0 Å². The van der Waals surface area contributed by atoms with E-state index in [1.165, 1.54) is 0 Å². The monoisotopic (exact) mass is 371 g/mol. The summed E-state index contributed by atoms with van der Waals surface area (Å²) in [5.41, 5.74) is 2.67. The Morgan fingerprint density at radius 2 is 1.62 bits per heavy atom. The number of rotatable bonds is 3. The number of aryl methyl sites for hydroxylation is 1. The quantitative estimate of drug-likeness (QED) is 0.611. The standard InChI is InChI=1S/C19H18ClN3O3/c1-12-2-4-13(5-3-12)17-19(23(25)26)18(14-6-8-15(20)9-7-14)22-16(24)10-11-21(17)22/h2-9,17-19H,10-11H2,1H3/t17-,18-,19+/m1/s1. The van der Waals surface area contributed by atoms with E-state index in [-0.39, 0.29) is 10.8 Å². The number of nitrogens with zero attached hydrogens (tertiary/aromatic N) is 3. The minimum absolute atomic E-state index is 0.0774. The second-order valence-electron chi connectivity index (χ2n) is 6.78. The van der Waals surface area contributed by atoms with Crippen molar-refractivity contribution in [1.82, 2.24) is 10.0 Å². The summed E-state index contributed by atoms with van der Waals surface area (Å²) in [6.07, 6.45) is 0.372. The van der Waals surface area contributed by atoms with E-state index in [9.17, 15) is 14.9 Å². The van der Waals surface area contributed by atoms with E-state index < -0.39 is 18.1 Å². The van der Waals surface area contributed by atoms with E-state index in [0.29, 0.717) is 18.0 Å². The second-order valence-corrected chi connectivity index (χ2v) is 7.22. The molecule has 4 rings (SSSR count). The molecule has 2 aliphatic heterocycles. The van der Waals surface area contributed by atoms with Crippen LogP contribution in [0.1, 0.15) is 35.2 Å². The maximum Gasteiger partial charge on any atom is 0.259 e. The molecule has 134 valence electrons. The predicted octanol–water partition coefficient (Wildman–Crippen LogP) is 3.54. The Labute approximate surface area is 156 Å². The maximum atomic E-state index is 12.5. The number of nitro groups is 1. The number of hydrazine groups is 1. The fourth-order valence-corrected chi connectivity index (χ4v) is 4.15. The van der Waals surface area contributed by atoms with Crippen LogP contribution in [0, 0.1) is 17.0 Å². The van der Waals surface area contributed by atoms with Gasteiger partial charge in [0.15, 0.2) is 0 Å². The molecule has 3 atom stereocenters. The zero-order chi connectivity index (χ0) is 18.4. The SMILES string of the molecule is Cc1ccc([C@@H]2[C@H]([N+](=O)[O-])[C@@H](c3ccc(Cl)cc3)N3C(=O)CCN23)cc1. The molecule has 0 aromatic heterocycles. The number of carbonyl (C=O) groups excluding carboxylic acids is 1. The van der Waals surface area contributed by atoms with Crippen molar-refractivity contribution in [3.63, 3.8) is 0 Å². The molecule has 2 aromatic rings. The average Bonchev–Trinajstić information content (AvgIpc) is 3.15. The van der Waals surface area contributed by atoms with Crippen LogP contribution >= 0.6 is 11.6 Å². The van der Waals surface area contributed by atoms with Gasteiger partial charge >= 0.3 is 0 Å². The van der Waals surface area contributed by atoms with E-state index in [4.69, 9.17) is 11.6 Å². The van der Waals surface area contributed by atoms with Gasteiger partial charge in [-0.1, -0.05) is 53.6 Å². The normalized spacial score (nSPS) is 25.5. The van der Waals surface area contributed by atoms with Crippen molar-refractivity contribution in [2.45, 2.75) is 31.5 Å². The first-order valence-corrected chi connectivity index (χ1v) is 8.89. The van der Waals surface area contributed by atoms with Crippen molar-refractivity contribution in [1.29, 1.82) is 0 Å². The molecule has 2 fully saturated rings. The number of amides is 1. The molecule has 2 aliphatic rings. The molecule has 7 heteroatoms. The number of halogens is 1. The van der Waals surface area contributed by atoms with Crippen LogP contribution in [-0.2, 0) is 4.79 Å². The van der Waals surface area contributed by atoms with Crippen LogP contribution in [-0.4, -0.2) is 33.4 Å². The highest BCUT2D eigenvalue weighted by molar-refractivity contribution is 6.30. The average molecular weight is 372 g/mol. The molecule has 0 aliphatic carbocycles. The first kappa shape index (κ1) is 17.0. The third-order valence-corrected chi connectivity index (χ3v) is 5.44. The van der Waals surface area contributed by atoms with Crippen LogP contribution in [0.2, 0.25) is 5.02 Å². The number of hydrogen-bond donors (Lipinski definition) is 0. The summed E-state index contributed by atoms with van der Waals surface area (Å²) >= 11 is 5.97. The molecule has 2 aromatic carbocycles. The molecule has 0 bridgehead atoms. The van der Waals surface area contributed by atoms with Crippen LogP contribution < -0.4 is 0 Å². The molecule has 1 amide bonds. The number of carbonyl (C=O) groups is 1. The van der Waals surface area contributed by atoms with Crippen LogP contribution in [0.3, 0.4) is 0 Å². The Morgan fingerprint density at radius 3 is 2.23 bits per heavy atom. The molecule has 0 saturated carbocycles. The van der Waals surface area contributed by atoms with Gasteiger partial charge < -0.3 is 0 Å². The molecule has 0 spiro atoms. The highest BCUT2D eigenvalue weighted by Crippen LogP contribution is 2.48. The van der Waals surface area contributed by atoms with Crippen molar-refractivity contribution >= 4 is 17.5 Å². The van der Waals surface area contributed by atoms with Crippen LogP contribution in [0.25, 0.3) is 0 Å². The number of benzene rings is 2. The lowest BCUT2D eigenvalue weighted by molar-refractivity contribution is -0.530. The smallest absolute Gasteiger partial charge is 0.259 e. The Morgan fingerprint density at radius 1 is 1.04 bits per heavy atom. The third kappa shape index (κ3) is 2.66. The highest BCUT2D eigenvalue weighted by Gasteiger charge is 2.59. The number of fused-ring (bicyclic) bond motifs is 1. The van der Waals surface area contributed by atoms with Gasteiger partial charge in [0, 0.05) is 22.9 Å². The summed E-state index contributed by atoms with van der Waals surface area (Å²) in [6.45, 7) is 2.47. The van der Waals surface area contributed by atoms with Gasteiger partial charge in [-0.25, -0.2) is 5.01 Å². The molecule has 0 unspecified atom stereocenters. The first-order chi connectivity index (χ1) is 12.5. The van der Waals surface area contributed by atoms with Crippen LogP contribution in [0.5, 0.6) is 0 Å². The summed E-state index contributed by atoms with van der Waals surface area (Å²) in [7, 11) is 0. The van der Waals surface area contributed by atoms with E-state index in [1.807, 2.05) is 36.2 Å². The summed E-state index contributed by atoms with van der Waals surface area (Å²) < 4.78 is 0. The predicted molar refractivity (Wildman–Crippen MR) is 97.1 cm³/mol. The van der Waals surface area contributed by atoms with Gasteiger partial charge in [0.1, 0.15) is 12.1 Å². The van der Waals surface area contributed by atoms with E-state index >= 15 is 0 Å². The lowest BCUT2D eigenvalue weighted by atomic mass is 9.91. The van der Waals surface area contributed by atoms with Crippen molar-refractivity contribution in [3.8, 4) is 0 Å². The topological polar surface area (TPSA) is 66.7 Å². The zero-order valence-corrected chi connectivity index (χ0v) is 15.0. The number of hydrogen-bond acceptors (Lipinski definition) is 4. The Balaban J connectivity index is 1.84. The molecular formula is C19H18ClN3O3. The summed E-state index contributed by atoms with van der Waals surface area (Å²) in [4.78, 5) is 24.3. The van der Waals surface area contributed by atoms with Crippen molar-refractivity contribution in [2.24, 2.45) is 0 Å². The lowest BCUT2D eigenvalue weighted by Gasteiger charge is -2.26. The minimum atomic E-state index is -0.942. The van der Waals surface area contributed by atoms with Crippen molar-refractivity contribution in [2.75, 3.05) is 6.54 Å². The zero-order valence-electron chi connectivity index (χ0n) is 14.2. The Kier molecular flexibility index (Phi) is 4.17. The summed E-state index contributed by atoms with van der Waals surface area (Å²) in [5, 5.41) is 16.1. The lowest BCUT2D eigenvalue weighted by Crippen LogP contribution is -2.35. The van der Waals surface area contributed by atoms with Gasteiger partial charge in [-0.05, 0) is 30.2 Å². The maximum absolute atomic E-state index is 12.5. The highest BCUT2D eigenvalue weighted by atomic mass is 35.5. The fraction of sp³-hybridized carbons (Fsp3) is 0.316. The van der Waals surface area contributed by atoms with Crippen molar-refractivity contribution in [3.05, 3.63) is 80.4 Å². The minimum Gasteiger partial charge on any atom is -0.273 e. The largest absolute Gasteiger partial charge is 0.273 e. The molecule has 2 heterocycles. The summed E-state index contributed by atoms with van der Waals surface area (Å²) in [5.74, 6) is -0.0774. The molecule has 6 nitrogen and oxygen atoms in total. The first-order valence-electron chi connectivity index (χ1n) is 8.51. The molecule has 0 N–H and O–H groups in total.